The standard InChI is InChI=1S/C20H21N3O5/c1-26-18-3-2-12(10-21-18)8-13-9-16(22-15-5-7-28-19(13)15)20(25)23-14-4-6-27-11-17(14)24/h2-3,5,7,9-10,14,17,24H,4,6,8,11H2,1H3,(H,23,25)/t14-,17-/m0/s1. The number of pyridine rings is 2. The Morgan fingerprint density at radius 2 is 2.29 bits per heavy atom. The van der Waals surface area contributed by atoms with Crippen molar-refractivity contribution in [2.75, 3.05) is 20.3 Å². The molecule has 3 aromatic heterocycles. The number of nitrogens with one attached hydrogen (secondary N) is 1. The van der Waals surface area contributed by atoms with Gasteiger partial charge in [-0.25, -0.2) is 9.97 Å². The third-order valence-corrected chi connectivity index (χ3v) is 4.76. The third-order valence-electron chi connectivity index (χ3n) is 4.76. The van der Waals surface area contributed by atoms with Crippen molar-refractivity contribution in [3.05, 3.63) is 53.5 Å². The Labute approximate surface area is 161 Å². The number of carbonyl (C=O) groups is 1. The molecule has 0 bridgehead atoms. The molecule has 0 saturated carbocycles. The van der Waals surface area contributed by atoms with Crippen molar-refractivity contribution in [3.8, 4) is 5.88 Å². The molecule has 1 aliphatic rings. The Bertz CT molecular complexity index is 970. The highest BCUT2D eigenvalue weighted by molar-refractivity contribution is 5.95. The molecule has 0 spiro atoms. The molecule has 2 N–H and O–H groups in total. The van der Waals surface area contributed by atoms with Crippen LogP contribution in [0.5, 0.6) is 5.88 Å². The molecule has 146 valence electrons. The number of aromatic nitrogens is 2. The van der Waals surface area contributed by atoms with Crippen LogP contribution in [0.1, 0.15) is 28.0 Å². The van der Waals surface area contributed by atoms with Gasteiger partial charge in [-0.15, -0.1) is 0 Å². The fourth-order valence-electron chi connectivity index (χ4n) is 3.26. The van der Waals surface area contributed by atoms with Crippen LogP contribution in [0, 0.1) is 0 Å². The van der Waals surface area contributed by atoms with Crippen LogP contribution in [0.15, 0.2) is 41.1 Å². The molecule has 0 radical (unpaired) electrons. The topological polar surface area (TPSA) is 107 Å². The summed E-state index contributed by atoms with van der Waals surface area (Å²) in [7, 11) is 1.57. The predicted molar refractivity (Wildman–Crippen MR) is 100 cm³/mol. The monoisotopic (exact) mass is 383 g/mol. The molecule has 0 aliphatic carbocycles. The van der Waals surface area contributed by atoms with E-state index in [4.69, 9.17) is 13.9 Å². The lowest BCUT2D eigenvalue weighted by atomic mass is 10.0. The first kappa shape index (κ1) is 18.4. The van der Waals surface area contributed by atoms with E-state index >= 15 is 0 Å². The summed E-state index contributed by atoms with van der Waals surface area (Å²) in [6, 6.07) is 6.80. The van der Waals surface area contributed by atoms with E-state index in [2.05, 4.69) is 15.3 Å². The minimum Gasteiger partial charge on any atom is -0.481 e. The molecule has 4 rings (SSSR count). The molecule has 4 heterocycles. The Hall–Kier alpha value is -2.97. The van der Waals surface area contributed by atoms with Gasteiger partial charge >= 0.3 is 0 Å². The van der Waals surface area contributed by atoms with Gasteiger partial charge in [0, 0.05) is 36.9 Å². The molecule has 0 unspecified atom stereocenters. The van der Waals surface area contributed by atoms with E-state index in [1.807, 2.05) is 6.07 Å². The lowest BCUT2D eigenvalue weighted by Gasteiger charge is -2.28. The molecular weight excluding hydrogens is 362 g/mol. The summed E-state index contributed by atoms with van der Waals surface area (Å²) in [6.07, 6.45) is 3.65. The van der Waals surface area contributed by atoms with Gasteiger partial charge in [-0.05, 0) is 18.1 Å². The summed E-state index contributed by atoms with van der Waals surface area (Å²) in [4.78, 5) is 21.3. The molecule has 1 fully saturated rings. The van der Waals surface area contributed by atoms with Crippen LogP contribution in [-0.2, 0) is 11.2 Å². The van der Waals surface area contributed by atoms with Crippen molar-refractivity contribution < 1.29 is 23.8 Å². The zero-order valence-corrected chi connectivity index (χ0v) is 15.4. The number of hydrogen-bond donors (Lipinski definition) is 2. The number of aliphatic hydroxyl groups is 1. The first-order chi connectivity index (χ1) is 13.6. The van der Waals surface area contributed by atoms with Crippen molar-refractivity contribution in [3.63, 3.8) is 0 Å². The van der Waals surface area contributed by atoms with Gasteiger partial charge in [-0.3, -0.25) is 4.79 Å². The van der Waals surface area contributed by atoms with Crippen molar-refractivity contribution >= 4 is 17.0 Å². The molecule has 1 aliphatic heterocycles. The maximum absolute atomic E-state index is 12.7. The quantitative estimate of drug-likeness (QED) is 0.691. The van der Waals surface area contributed by atoms with Gasteiger partial charge in [0.1, 0.15) is 11.2 Å². The highest BCUT2D eigenvalue weighted by Crippen LogP contribution is 2.23. The summed E-state index contributed by atoms with van der Waals surface area (Å²) >= 11 is 0. The predicted octanol–water partition coefficient (Wildman–Crippen LogP) is 1.70. The molecule has 1 amide bonds. The number of aliphatic hydroxyl groups excluding tert-OH is 1. The van der Waals surface area contributed by atoms with Crippen molar-refractivity contribution in [1.29, 1.82) is 0 Å². The number of carbonyl (C=O) groups excluding carboxylic acids is 1. The summed E-state index contributed by atoms with van der Waals surface area (Å²) in [5.41, 5.74) is 3.31. The summed E-state index contributed by atoms with van der Waals surface area (Å²) < 4.78 is 15.9. The number of rotatable bonds is 5. The fraction of sp³-hybridized carbons (Fsp3) is 0.350. The van der Waals surface area contributed by atoms with E-state index in [9.17, 15) is 9.90 Å². The molecule has 8 nitrogen and oxygen atoms in total. The smallest absolute Gasteiger partial charge is 0.270 e. The Morgan fingerprint density at radius 1 is 1.39 bits per heavy atom. The highest BCUT2D eigenvalue weighted by atomic mass is 16.5. The maximum Gasteiger partial charge on any atom is 0.270 e. The van der Waals surface area contributed by atoms with E-state index < -0.39 is 6.10 Å². The molecule has 2 atom stereocenters. The van der Waals surface area contributed by atoms with Crippen molar-refractivity contribution in [2.24, 2.45) is 0 Å². The van der Waals surface area contributed by atoms with E-state index in [-0.39, 0.29) is 24.2 Å². The van der Waals surface area contributed by atoms with Gasteiger partial charge < -0.3 is 24.3 Å². The minimum absolute atomic E-state index is 0.217. The van der Waals surface area contributed by atoms with Gasteiger partial charge in [0.2, 0.25) is 5.88 Å². The first-order valence-corrected chi connectivity index (χ1v) is 9.07. The van der Waals surface area contributed by atoms with Gasteiger partial charge in [0.15, 0.2) is 5.58 Å². The Kier molecular flexibility index (Phi) is 5.23. The molecule has 28 heavy (non-hydrogen) atoms. The molecule has 0 aromatic carbocycles. The Balaban J connectivity index is 1.59. The Morgan fingerprint density at radius 3 is 3.04 bits per heavy atom. The second-order valence-electron chi connectivity index (χ2n) is 6.70. The molecule has 3 aromatic rings. The summed E-state index contributed by atoms with van der Waals surface area (Å²) in [6.45, 7) is 0.723. The summed E-state index contributed by atoms with van der Waals surface area (Å²) in [5, 5.41) is 12.9. The van der Waals surface area contributed by atoms with Gasteiger partial charge in [0.05, 0.1) is 32.1 Å². The zero-order chi connectivity index (χ0) is 19.5. The van der Waals surface area contributed by atoms with Crippen LogP contribution >= 0.6 is 0 Å². The SMILES string of the molecule is COc1ccc(Cc2cc(C(=O)N[C@H]3CCOC[C@@H]3O)nc3ccoc23)cn1. The first-order valence-electron chi connectivity index (χ1n) is 9.07. The maximum atomic E-state index is 12.7. The van der Waals surface area contributed by atoms with Crippen LogP contribution in [0.2, 0.25) is 0 Å². The largest absolute Gasteiger partial charge is 0.481 e. The highest BCUT2D eigenvalue weighted by Gasteiger charge is 2.26. The lowest BCUT2D eigenvalue weighted by Crippen LogP contribution is -2.48. The average Bonchev–Trinajstić information content (AvgIpc) is 3.19. The number of nitrogens with zero attached hydrogens (tertiary/aromatic N) is 2. The van der Waals surface area contributed by atoms with Crippen molar-refractivity contribution in [1.82, 2.24) is 15.3 Å². The number of ether oxygens (including phenoxy) is 2. The van der Waals surface area contributed by atoms with Crippen LogP contribution < -0.4 is 10.1 Å². The van der Waals surface area contributed by atoms with Crippen LogP contribution in [0.25, 0.3) is 11.1 Å². The second kappa shape index (κ2) is 7.95. The number of methoxy groups -OCH3 is 1. The molecule has 1 saturated heterocycles. The third kappa shape index (κ3) is 3.83. The number of hydrogen-bond acceptors (Lipinski definition) is 7. The number of furan rings is 1. The zero-order valence-electron chi connectivity index (χ0n) is 15.4. The normalized spacial score (nSPS) is 19.5. The lowest BCUT2D eigenvalue weighted by molar-refractivity contribution is -0.0261. The van der Waals surface area contributed by atoms with E-state index in [1.165, 1.54) is 0 Å². The van der Waals surface area contributed by atoms with Gasteiger partial charge in [-0.2, -0.15) is 0 Å². The molecular formula is C20H21N3O5. The molecule has 8 heteroatoms. The van der Waals surface area contributed by atoms with Gasteiger partial charge in [-0.1, -0.05) is 6.07 Å². The fourth-order valence-corrected chi connectivity index (χ4v) is 3.26. The second-order valence-corrected chi connectivity index (χ2v) is 6.70. The van der Waals surface area contributed by atoms with Crippen LogP contribution in [-0.4, -0.2) is 53.5 Å². The van der Waals surface area contributed by atoms with Crippen LogP contribution in [0.3, 0.4) is 0 Å². The van der Waals surface area contributed by atoms with Gasteiger partial charge in [0.25, 0.3) is 5.91 Å². The summed E-state index contributed by atoms with van der Waals surface area (Å²) in [5.74, 6) is 0.208. The number of fused-ring (bicyclic) bond motifs is 1. The van der Waals surface area contributed by atoms with Crippen LogP contribution in [0.4, 0.5) is 0 Å². The van der Waals surface area contributed by atoms with E-state index in [0.717, 1.165) is 11.1 Å². The van der Waals surface area contributed by atoms with E-state index in [0.29, 0.717) is 36.4 Å². The average molecular weight is 383 g/mol. The minimum atomic E-state index is -0.722. The number of amides is 1. The van der Waals surface area contributed by atoms with Crippen molar-refractivity contribution in [2.45, 2.75) is 25.0 Å². The van der Waals surface area contributed by atoms with E-state index in [1.54, 1.807) is 37.8 Å².